The Balaban J connectivity index is 3.84. The zero-order valence-corrected chi connectivity index (χ0v) is 19.9. The van der Waals surface area contributed by atoms with Crippen LogP contribution in [0, 0.1) is 0 Å². The zero-order valence-electron chi connectivity index (χ0n) is 19.9. The average Bonchev–Trinajstić information content (AvgIpc) is 2.74. The molecule has 0 bridgehead atoms. The van der Waals surface area contributed by atoms with Crippen molar-refractivity contribution in [1.82, 2.24) is 9.80 Å². The van der Waals surface area contributed by atoms with E-state index in [-0.39, 0.29) is 32.5 Å². The van der Waals surface area contributed by atoms with Crippen LogP contribution in [0.25, 0.3) is 0 Å². The molecule has 0 saturated heterocycles. The zero-order chi connectivity index (χ0) is 23.2. The van der Waals surface area contributed by atoms with Crippen LogP contribution in [0.4, 0.5) is 4.79 Å². The molecule has 0 aromatic heterocycles. The van der Waals surface area contributed by atoms with Gasteiger partial charge >= 0.3 is 12.1 Å². The summed E-state index contributed by atoms with van der Waals surface area (Å²) < 4.78 is 14.9. The van der Waals surface area contributed by atoms with Crippen molar-refractivity contribution in [1.29, 1.82) is 0 Å². The minimum absolute atomic E-state index is 0.235. The standard InChI is InChI=1S/C23H44N2O6/c1-4-5-6-7-8-9-10-11-12-13-14-16-22(27)31-20-25(19-29-21-26)23(28)30-18-15-17-24(2)3/h21H,4-20H2,1-3H3. The molecule has 8 nitrogen and oxygen atoms in total. The molecule has 182 valence electrons. The van der Waals surface area contributed by atoms with E-state index in [1.807, 2.05) is 19.0 Å². The summed E-state index contributed by atoms with van der Waals surface area (Å²) in [7, 11) is 3.86. The lowest BCUT2D eigenvalue weighted by Gasteiger charge is -2.20. The number of carbonyl (C=O) groups excluding carboxylic acids is 3. The van der Waals surface area contributed by atoms with Gasteiger partial charge in [-0.2, -0.15) is 0 Å². The van der Waals surface area contributed by atoms with Crippen LogP contribution in [0.2, 0.25) is 0 Å². The number of nitrogens with zero attached hydrogens (tertiary/aromatic N) is 2. The molecule has 1 amide bonds. The Bertz CT molecular complexity index is 459. The smallest absolute Gasteiger partial charge is 0.415 e. The summed E-state index contributed by atoms with van der Waals surface area (Å²) in [5, 5.41) is 0. The molecule has 0 fully saturated rings. The summed E-state index contributed by atoms with van der Waals surface area (Å²) in [5.74, 6) is -0.368. The maximum absolute atomic E-state index is 12.1. The van der Waals surface area contributed by atoms with Gasteiger partial charge in [-0.05, 0) is 26.9 Å². The molecule has 0 heterocycles. The van der Waals surface area contributed by atoms with Gasteiger partial charge in [0.15, 0.2) is 13.5 Å². The van der Waals surface area contributed by atoms with Crippen molar-refractivity contribution >= 4 is 18.5 Å². The number of amides is 1. The summed E-state index contributed by atoms with van der Waals surface area (Å²) in [6, 6.07) is 0. The summed E-state index contributed by atoms with van der Waals surface area (Å²) in [6.45, 7) is 2.88. The third-order valence-electron chi connectivity index (χ3n) is 4.90. The first-order chi connectivity index (χ1) is 15.0. The number of ether oxygens (including phenoxy) is 3. The Hall–Kier alpha value is -1.83. The first-order valence-corrected chi connectivity index (χ1v) is 11.8. The first-order valence-electron chi connectivity index (χ1n) is 11.8. The largest absolute Gasteiger partial charge is 0.449 e. The lowest BCUT2D eigenvalue weighted by atomic mass is 10.1. The van der Waals surface area contributed by atoms with Crippen molar-refractivity contribution < 1.29 is 28.6 Å². The molecule has 0 rings (SSSR count). The van der Waals surface area contributed by atoms with E-state index in [1.54, 1.807) is 0 Å². The molecule has 0 aliphatic carbocycles. The second-order valence-corrected chi connectivity index (χ2v) is 8.13. The van der Waals surface area contributed by atoms with Crippen molar-refractivity contribution in [3.05, 3.63) is 0 Å². The molecule has 8 heteroatoms. The van der Waals surface area contributed by atoms with Crippen molar-refractivity contribution in [2.75, 3.05) is 40.7 Å². The summed E-state index contributed by atoms with van der Waals surface area (Å²) >= 11 is 0. The Kier molecular flexibility index (Phi) is 20.1. The molecule has 0 radical (unpaired) electrons. The third-order valence-corrected chi connectivity index (χ3v) is 4.90. The lowest BCUT2D eigenvalue weighted by Crippen LogP contribution is -2.36. The Morgan fingerprint density at radius 2 is 1.35 bits per heavy atom. The fourth-order valence-corrected chi connectivity index (χ4v) is 3.05. The van der Waals surface area contributed by atoms with E-state index >= 15 is 0 Å². The van der Waals surface area contributed by atoms with Gasteiger partial charge in [-0.15, -0.1) is 0 Å². The Labute approximate surface area is 188 Å². The van der Waals surface area contributed by atoms with Crippen LogP contribution in [0.1, 0.15) is 90.4 Å². The molecule has 0 spiro atoms. The Morgan fingerprint density at radius 3 is 1.90 bits per heavy atom. The van der Waals surface area contributed by atoms with Gasteiger partial charge in [-0.25, -0.2) is 9.69 Å². The molecule has 0 saturated carbocycles. The van der Waals surface area contributed by atoms with Crippen LogP contribution in [-0.4, -0.2) is 69.0 Å². The van der Waals surface area contributed by atoms with Crippen molar-refractivity contribution in [3.63, 3.8) is 0 Å². The van der Waals surface area contributed by atoms with Gasteiger partial charge in [0, 0.05) is 13.0 Å². The van der Waals surface area contributed by atoms with Crippen LogP contribution >= 0.6 is 0 Å². The fraction of sp³-hybridized carbons (Fsp3) is 0.870. The number of rotatable bonds is 21. The van der Waals surface area contributed by atoms with E-state index in [1.165, 1.54) is 51.4 Å². The van der Waals surface area contributed by atoms with Gasteiger partial charge in [0.25, 0.3) is 6.47 Å². The van der Waals surface area contributed by atoms with Crippen LogP contribution in [0.5, 0.6) is 0 Å². The van der Waals surface area contributed by atoms with Gasteiger partial charge in [-0.1, -0.05) is 71.1 Å². The highest BCUT2D eigenvalue weighted by Crippen LogP contribution is 2.12. The molecule has 0 aromatic carbocycles. The minimum Gasteiger partial charge on any atom is -0.449 e. The van der Waals surface area contributed by atoms with Gasteiger partial charge in [0.2, 0.25) is 0 Å². The maximum atomic E-state index is 12.1. The Morgan fingerprint density at radius 1 is 0.774 bits per heavy atom. The predicted octanol–water partition coefficient (Wildman–Crippen LogP) is 4.71. The average molecular weight is 445 g/mol. The second-order valence-electron chi connectivity index (χ2n) is 8.13. The second kappa shape index (κ2) is 21.4. The highest BCUT2D eigenvalue weighted by Gasteiger charge is 2.17. The van der Waals surface area contributed by atoms with Gasteiger partial charge in [-0.3, -0.25) is 9.59 Å². The number of hydrogen-bond acceptors (Lipinski definition) is 7. The predicted molar refractivity (Wildman–Crippen MR) is 120 cm³/mol. The topological polar surface area (TPSA) is 85.4 Å². The van der Waals surface area contributed by atoms with Crippen LogP contribution < -0.4 is 0 Å². The molecule has 0 aromatic rings. The SMILES string of the molecule is CCCCCCCCCCCCCC(=O)OCN(COC=O)C(=O)OCCCN(C)C. The number of carbonyl (C=O) groups is 3. The van der Waals surface area contributed by atoms with Crippen molar-refractivity contribution in [3.8, 4) is 0 Å². The monoisotopic (exact) mass is 444 g/mol. The van der Waals surface area contributed by atoms with Gasteiger partial charge in [0.05, 0.1) is 6.61 Å². The quantitative estimate of drug-likeness (QED) is 0.0833. The van der Waals surface area contributed by atoms with Gasteiger partial charge in [0.1, 0.15) is 0 Å². The highest BCUT2D eigenvalue weighted by molar-refractivity contribution is 5.70. The fourth-order valence-electron chi connectivity index (χ4n) is 3.05. The van der Waals surface area contributed by atoms with Crippen molar-refractivity contribution in [2.45, 2.75) is 90.4 Å². The van der Waals surface area contributed by atoms with E-state index < -0.39 is 6.09 Å². The van der Waals surface area contributed by atoms with E-state index in [9.17, 15) is 14.4 Å². The normalized spacial score (nSPS) is 10.7. The van der Waals surface area contributed by atoms with Crippen LogP contribution in [-0.2, 0) is 23.8 Å². The maximum Gasteiger partial charge on any atom is 0.415 e. The molecule has 0 aliphatic heterocycles. The highest BCUT2D eigenvalue weighted by atomic mass is 16.6. The summed E-state index contributed by atoms with van der Waals surface area (Å²) in [5.41, 5.74) is 0. The third kappa shape index (κ3) is 19.9. The molecule has 0 atom stereocenters. The van der Waals surface area contributed by atoms with E-state index in [4.69, 9.17) is 9.47 Å². The van der Waals surface area contributed by atoms with E-state index in [2.05, 4.69) is 11.7 Å². The van der Waals surface area contributed by atoms with Crippen LogP contribution in [0.15, 0.2) is 0 Å². The van der Waals surface area contributed by atoms with Crippen molar-refractivity contribution in [2.24, 2.45) is 0 Å². The number of esters is 1. The van der Waals surface area contributed by atoms with Gasteiger partial charge < -0.3 is 19.1 Å². The molecule has 0 aliphatic rings. The number of unbranched alkanes of at least 4 members (excludes halogenated alkanes) is 10. The molecule has 31 heavy (non-hydrogen) atoms. The molecular formula is C23H44N2O6. The molecule has 0 N–H and O–H groups in total. The number of hydrogen-bond donors (Lipinski definition) is 0. The summed E-state index contributed by atoms with van der Waals surface area (Å²) in [4.78, 5) is 37.4. The van der Waals surface area contributed by atoms with E-state index in [0.717, 1.165) is 30.7 Å². The summed E-state index contributed by atoms with van der Waals surface area (Å²) in [6.07, 6.45) is 13.6. The molecule has 0 unspecified atom stereocenters. The lowest BCUT2D eigenvalue weighted by molar-refractivity contribution is -0.151. The molecular weight excluding hydrogens is 400 g/mol. The minimum atomic E-state index is -0.678. The van der Waals surface area contributed by atoms with Crippen LogP contribution in [0.3, 0.4) is 0 Å². The first kappa shape index (κ1) is 29.2. The van der Waals surface area contributed by atoms with E-state index in [0.29, 0.717) is 12.8 Å².